The number of anilines is 1. The highest BCUT2D eigenvalue weighted by atomic mass is 35.5. The van der Waals surface area contributed by atoms with Gasteiger partial charge in [0, 0.05) is 24.0 Å². The summed E-state index contributed by atoms with van der Waals surface area (Å²) in [6, 6.07) is 30.3. The largest absolute Gasteiger partial charge is 0.495 e. The lowest BCUT2D eigenvalue weighted by Crippen LogP contribution is -2.54. The van der Waals surface area contributed by atoms with E-state index in [0.717, 1.165) is 35.6 Å². The third kappa shape index (κ3) is 7.89. The Balaban J connectivity index is 1.59. The van der Waals surface area contributed by atoms with Crippen molar-refractivity contribution in [2.45, 2.75) is 55.6 Å². The van der Waals surface area contributed by atoms with Crippen LogP contribution in [0.1, 0.15) is 36.8 Å². The van der Waals surface area contributed by atoms with E-state index >= 15 is 0 Å². The van der Waals surface area contributed by atoms with Gasteiger partial charge in [-0.25, -0.2) is 8.42 Å². The number of nitrogens with one attached hydrogen (secondary N) is 1. The van der Waals surface area contributed by atoms with E-state index in [1.54, 1.807) is 60.7 Å². The van der Waals surface area contributed by atoms with Crippen LogP contribution in [0, 0.1) is 0 Å². The SMILES string of the molecule is COc1ccccc1N(CC(=O)N(Cc1ccccc1Cl)[C@@H](Cc1ccccc1)C(=O)NC1CCCC1)S(=O)(=O)c1ccccc1. The highest BCUT2D eigenvalue weighted by Crippen LogP contribution is 2.33. The molecule has 5 rings (SSSR count). The van der Waals surface area contributed by atoms with E-state index in [1.807, 2.05) is 36.4 Å². The normalized spacial score (nSPS) is 14.0. The molecule has 1 N–H and O–H groups in total. The van der Waals surface area contributed by atoms with E-state index in [2.05, 4.69) is 5.32 Å². The van der Waals surface area contributed by atoms with Crippen LogP contribution in [0.3, 0.4) is 0 Å². The molecule has 0 aromatic heterocycles. The Hall–Kier alpha value is -4.34. The molecule has 2 amide bonds. The fourth-order valence-corrected chi connectivity index (χ4v) is 7.44. The number of hydrogen-bond donors (Lipinski definition) is 1. The number of ether oxygens (including phenoxy) is 1. The third-order valence-electron chi connectivity index (χ3n) is 8.24. The Labute approximate surface area is 276 Å². The van der Waals surface area contributed by atoms with Gasteiger partial charge in [-0.05, 0) is 54.3 Å². The number of carbonyl (C=O) groups excluding carboxylic acids is 2. The molecule has 0 aliphatic heterocycles. The molecule has 1 atom stereocenters. The van der Waals surface area contributed by atoms with Crippen molar-refractivity contribution in [3.63, 3.8) is 0 Å². The molecule has 1 aliphatic rings. The van der Waals surface area contributed by atoms with Crippen LogP contribution in [0.2, 0.25) is 5.02 Å². The molecular weight excluding hydrogens is 622 g/mol. The molecule has 4 aromatic carbocycles. The fraction of sp³-hybridized carbons (Fsp3) is 0.278. The lowest BCUT2D eigenvalue weighted by atomic mass is 10.0. The van der Waals surface area contributed by atoms with Crippen molar-refractivity contribution in [1.29, 1.82) is 0 Å². The van der Waals surface area contributed by atoms with Gasteiger partial charge in [0.05, 0.1) is 17.7 Å². The molecule has 46 heavy (non-hydrogen) atoms. The standard InChI is InChI=1S/C36H38ClN3O5S/c1-45-34-23-13-12-22-32(34)40(46(43,44)30-19-6-3-7-20-30)26-35(41)39(25-28-16-8-11-21-31(28)37)33(24-27-14-4-2-5-15-27)36(42)38-29-17-9-10-18-29/h2-8,11-16,19-23,29,33H,9-10,17-18,24-26H2,1H3,(H,38,42)/t33-/m0/s1. The second-order valence-electron chi connectivity index (χ2n) is 11.3. The molecule has 240 valence electrons. The summed E-state index contributed by atoms with van der Waals surface area (Å²) >= 11 is 6.59. The maximum Gasteiger partial charge on any atom is 0.264 e. The van der Waals surface area contributed by atoms with Crippen LogP contribution in [-0.4, -0.2) is 50.9 Å². The minimum atomic E-state index is -4.24. The van der Waals surface area contributed by atoms with E-state index in [4.69, 9.17) is 16.3 Å². The van der Waals surface area contributed by atoms with Crippen molar-refractivity contribution in [2.24, 2.45) is 0 Å². The van der Waals surface area contributed by atoms with Gasteiger partial charge in [0.25, 0.3) is 10.0 Å². The molecule has 0 spiro atoms. The summed E-state index contributed by atoms with van der Waals surface area (Å²) in [7, 11) is -2.80. The van der Waals surface area contributed by atoms with Crippen molar-refractivity contribution >= 4 is 39.1 Å². The summed E-state index contributed by atoms with van der Waals surface area (Å²) in [6.45, 7) is -0.580. The molecule has 0 unspecified atom stereocenters. The minimum absolute atomic E-state index is 0.000751. The van der Waals surface area contributed by atoms with Gasteiger partial charge in [-0.1, -0.05) is 103 Å². The van der Waals surface area contributed by atoms with Gasteiger partial charge in [0.2, 0.25) is 11.8 Å². The summed E-state index contributed by atoms with van der Waals surface area (Å²) in [5.74, 6) is -0.564. The van der Waals surface area contributed by atoms with Gasteiger partial charge in [-0.3, -0.25) is 13.9 Å². The topological polar surface area (TPSA) is 96.0 Å². The molecule has 1 fully saturated rings. The number of halogens is 1. The van der Waals surface area contributed by atoms with Crippen LogP contribution >= 0.6 is 11.6 Å². The smallest absolute Gasteiger partial charge is 0.264 e. The molecule has 10 heteroatoms. The monoisotopic (exact) mass is 659 g/mol. The zero-order chi connectivity index (χ0) is 32.5. The highest BCUT2D eigenvalue weighted by molar-refractivity contribution is 7.92. The van der Waals surface area contributed by atoms with Gasteiger partial charge >= 0.3 is 0 Å². The molecule has 0 heterocycles. The third-order valence-corrected chi connectivity index (χ3v) is 10.4. The Morgan fingerprint density at radius 1 is 0.870 bits per heavy atom. The van der Waals surface area contributed by atoms with Crippen molar-refractivity contribution in [3.8, 4) is 5.75 Å². The van der Waals surface area contributed by atoms with Crippen LogP contribution in [0.4, 0.5) is 5.69 Å². The predicted octanol–water partition coefficient (Wildman–Crippen LogP) is 6.24. The second kappa shape index (κ2) is 15.3. The lowest BCUT2D eigenvalue weighted by molar-refractivity contribution is -0.140. The molecule has 0 bridgehead atoms. The zero-order valence-corrected chi connectivity index (χ0v) is 27.3. The quantitative estimate of drug-likeness (QED) is 0.183. The number of methoxy groups -OCH3 is 1. The summed E-state index contributed by atoms with van der Waals surface area (Å²) < 4.78 is 35.0. The number of sulfonamides is 1. The van der Waals surface area contributed by atoms with Crippen molar-refractivity contribution in [1.82, 2.24) is 10.2 Å². The summed E-state index contributed by atoms with van der Waals surface area (Å²) in [5.41, 5.74) is 1.71. The summed E-state index contributed by atoms with van der Waals surface area (Å²) in [4.78, 5) is 30.2. The van der Waals surface area contributed by atoms with Gasteiger partial charge in [0.1, 0.15) is 18.3 Å². The number of nitrogens with zero attached hydrogens (tertiary/aromatic N) is 2. The fourth-order valence-electron chi connectivity index (χ4n) is 5.80. The van der Waals surface area contributed by atoms with Gasteiger partial charge in [-0.15, -0.1) is 0 Å². The highest BCUT2D eigenvalue weighted by Gasteiger charge is 2.36. The number of benzene rings is 4. The van der Waals surface area contributed by atoms with Crippen LogP contribution in [0.25, 0.3) is 0 Å². The van der Waals surface area contributed by atoms with E-state index in [1.165, 1.54) is 24.1 Å². The van der Waals surface area contributed by atoms with Gasteiger partial charge in [-0.2, -0.15) is 0 Å². The van der Waals surface area contributed by atoms with Crippen LogP contribution in [-0.2, 0) is 32.6 Å². The molecular formula is C36H38ClN3O5S. The van der Waals surface area contributed by atoms with Crippen LogP contribution < -0.4 is 14.4 Å². The van der Waals surface area contributed by atoms with Crippen molar-refractivity contribution in [3.05, 3.63) is 125 Å². The average molecular weight is 660 g/mol. The van der Waals surface area contributed by atoms with Crippen molar-refractivity contribution < 1.29 is 22.7 Å². The van der Waals surface area contributed by atoms with Crippen LogP contribution in [0.5, 0.6) is 5.75 Å². The van der Waals surface area contributed by atoms with Crippen LogP contribution in [0.15, 0.2) is 114 Å². The van der Waals surface area contributed by atoms with Gasteiger partial charge < -0.3 is 15.0 Å². The van der Waals surface area contributed by atoms with E-state index in [9.17, 15) is 18.0 Å². The van der Waals surface area contributed by atoms with E-state index in [0.29, 0.717) is 10.6 Å². The molecule has 1 saturated carbocycles. The minimum Gasteiger partial charge on any atom is -0.495 e. The van der Waals surface area contributed by atoms with E-state index in [-0.39, 0.29) is 41.2 Å². The van der Waals surface area contributed by atoms with Crippen molar-refractivity contribution in [2.75, 3.05) is 18.0 Å². The first-order valence-electron chi connectivity index (χ1n) is 15.4. The number of hydrogen-bond acceptors (Lipinski definition) is 5. The summed E-state index contributed by atoms with van der Waals surface area (Å²) in [6.07, 6.45) is 4.04. The first-order valence-corrected chi connectivity index (χ1v) is 17.2. The molecule has 0 saturated heterocycles. The Morgan fingerprint density at radius 2 is 1.48 bits per heavy atom. The first-order chi connectivity index (χ1) is 22.3. The maximum absolute atomic E-state index is 14.6. The Kier molecular flexibility index (Phi) is 11.0. The molecule has 8 nitrogen and oxygen atoms in total. The molecule has 1 aliphatic carbocycles. The molecule has 0 radical (unpaired) electrons. The van der Waals surface area contributed by atoms with Gasteiger partial charge in [0.15, 0.2) is 0 Å². The summed E-state index contributed by atoms with van der Waals surface area (Å²) in [5, 5.41) is 3.62. The number of carbonyl (C=O) groups is 2. The average Bonchev–Trinajstić information content (AvgIpc) is 3.59. The van der Waals surface area contributed by atoms with E-state index < -0.39 is 28.5 Å². The molecule has 4 aromatic rings. The number of para-hydroxylation sites is 2. The number of amides is 2. The second-order valence-corrected chi connectivity index (χ2v) is 13.6. The predicted molar refractivity (Wildman–Crippen MR) is 180 cm³/mol. The maximum atomic E-state index is 14.6. The Morgan fingerprint density at radius 3 is 2.15 bits per heavy atom. The Bertz CT molecular complexity index is 1730. The number of rotatable bonds is 13. The first kappa shape index (κ1) is 33.0. The zero-order valence-electron chi connectivity index (χ0n) is 25.7. The lowest BCUT2D eigenvalue weighted by Gasteiger charge is -2.34.